The first kappa shape index (κ1) is 29.9. The normalized spacial score (nSPS) is 26.4. The number of hydrogen-bond donors (Lipinski definition) is 1. The molecule has 1 N–H and O–H groups in total. The van der Waals surface area contributed by atoms with Crippen LogP contribution in [0.15, 0.2) is 66.7 Å². The fourth-order valence-corrected chi connectivity index (χ4v) is 7.26. The maximum Gasteiger partial charge on any atom is 0.411 e. The fraction of sp³-hybridized carbons (Fsp3) is 0.471. The molecule has 0 aromatic heterocycles. The minimum Gasteiger partial charge on any atom is -0.479 e. The summed E-state index contributed by atoms with van der Waals surface area (Å²) in [5.41, 5.74) is -0.496. The van der Waals surface area contributed by atoms with Crippen molar-refractivity contribution in [2.75, 3.05) is 32.8 Å². The molecule has 3 amide bonds. The second-order valence-corrected chi connectivity index (χ2v) is 12.3. The molecule has 0 radical (unpaired) electrons. The smallest absolute Gasteiger partial charge is 0.411 e. The molecule has 2 aromatic carbocycles. The van der Waals surface area contributed by atoms with Gasteiger partial charge in [-0.05, 0) is 56.8 Å². The number of carbonyl (C=O) groups excluding carboxylic acids is 3. The van der Waals surface area contributed by atoms with Gasteiger partial charge in [0.15, 0.2) is 0 Å². The van der Waals surface area contributed by atoms with Gasteiger partial charge in [0.05, 0.1) is 12.1 Å². The molecule has 4 saturated heterocycles. The zero-order chi connectivity index (χ0) is 30.8. The van der Waals surface area contributed by atoms with Crippen molar-refractivity contribution in [3.63, 3.8) is 0 Å². The van der Waals surface area contributed by atoms with Gasteiger partial charge in [-0.3, -0.25) is 14.5 Å². The van der Waals surface area contributed by atoms with Crippen molar-refractivity contribution in [1.82, 2.24) is 19.6 Å². The summed E-state index contributed by atoms with van der Waals surface area (Å²) in [6, 6.07) is 16.7. The zero-order valence-corrected chi connectivity index (χ0v) is 25.1. The van der Waals surface area contributed by atoms with Crippen molar-refractivity contribution in [1.29, 1.82) is 0 Å². The second-order valence-electron chi connectivity index (χ2n) is 12.3. The van der Waals surface area contributed by atoms with Crippen LogP contribution >= 0.6 is 0 Å². The Morgan fingerprint density at radius 2 is 1.55 bits per heavy atom. The molecule has 232 valence electrons. The highest BCUT2D eigenvalue weighted by Crippen LogP contribution is 2.41. The average Bonchev–Trinajstić information content (AvgIpc) is 3.43. The number of benzene rings is 2. The number of carbonyl (C=O) groups is 4. The number of amides is 3. The van der Waals surface area contributed by atoms with Gasteiger partial charge in [-0.2, -0.15) is 0 Å². The number of hydrogen-bond acceptors (Lipinski definition) is 6. The fourth-order valence-electron chi connectivity index (χ4n) is 7.26. The van der Waals surface area contributed by atoms with Crippen LogP contribution in [-0.4, -0.2) is 105 Å². The predicted octanol–water partition coefficient (Wildman–Crippen LogP) is 3.79. The highest BCUT2D eigenvalue weighted by molar-refractivity contribution is 6.11. The Morgan fingerprint density at radius 1 is 0.909 bits per heavy atom. The van der Waals surface area contributed by atoms with Crippen molar-refractivity contribution in [3.8, 4) is 0 Å². The van der Waals surface area contributed by atoms with Gasteiger partial charge in [0.1, 0.15) is 12.6 Å². The molecule has 6 rings (SSSR count). The van der Waals surface area contributed by atoms with Crippen molar-refractivity contribution in [3.05, 3.63) is 77.9 Å². The van der Waals surface area contributed by atoms with E-state index in [2.05, 4.69) is 4.90 Å². The first-order chi connectivity index (χ1) is 21.3. The molecule has 4 aliphatic rings. The second kappa shape index (κ2) is 12.4. The molecule has 4 atom stereocenters. The minimum absolute atomic E-state index is 0.0723. The van der Waals surface area contributed by atoms with Crippen LogP contribution in [0.4, 0.5) is 4.79 Å². The van der Waals surface area contributed by atoms with E-state index < -0.39 is 47.5 Å². The van der Waals surface area contributed by atoms with Gasteiger partial charge >= 0.3 is 12.1 Å². The molecule has 0 bridgehead atoms. The summed E-state index contributed by atoms with van der Waals surface area (Å²) >= 11 is 0. The molecule has 0 spiro atoms. The van der Waals surface area contributed by atoms with Gasteiger partial charge in [0.2, 0.25) is 11.4 Å². The Morgan fingerprint density at radius 3 is 2.18 bits per heavy atom. The van der Waals surface area contributed by atoms with Crippen molar-refractivity contribution < 1.29 is 29.0 Å². The Hall–Kier alpha value is -4.18. The molecule has 4 fully saturated rings. The van der Waals surface area contributed by atoms with E-state index in [1.54, 1.807) is 17.1 Å². The number of carboxylic acids is 1. The molecule has 0 aliphatic carbocycles. The van der Waals surface area contributed by atoms with E-state index in [1.165, 1.54) is 31.1 Å². The van der Waals surface area contributed by atoms with E-state index in [0.717, 1.165) is 42.0 Å². The number of piperidine rings is 2. The largest absolute Gasteiger partial charge is 0.479 e. The Balaban J connectivity index is 1.29. The molecule has 4 heterocycles. The van der Waals surface area contributed by atoms with Crippen LogP contribution in [0.5, 0.6) is 0 Å². The number of ether oxygens (including phenoxy) is 1. The Labute approximate surface area is 257 Å². The molecule has 2 aromatic rings. The Kier molecular flexibility index (Phi) is 8.44. The van der Waals surface area contributed by atoms with Crippen LogP contribution in [0, 0.1) is 0 Å². The van der Waals surface area contributed by atoms with E-state index in [1.807, 2.05) is 60.7 Å². The van der Waals surface area contributed by atoms with Gasteiger partial charge in [0, 0.05) is 19.1 Å². The summed E-state index contributed by atoms with van der Waals surface area (Å²) in [6.45, 7) is 4.40. The highest BCUT2D eigenvalue weighted by atomic mass is 16.6. The molecule has 10 nitrogen and oxygen atoms in total. The third kappa shape index (κ3) is 5.36. The molecule has 10 heteroatoms. The van der Waals surface area contributed by atoms with Crippen LogP contribution in [-0.2, 0) is 19.1 Å². The lowest BCUT2D eigenvalue weighted by atomic mass is 9.82. The number of carboxylic acid groups (broad SMARTS) is 1. The molecule has 0 saturated carbocycles. The maximum absolute atomic E-state index is 14.1. The number of aliphatic carboxylic acids is 1. The van der Waals surface area contributed by atoms with Crippen LogP contribution in [0.25, 0.3) is 6.08 Å². The minimum atomic E-state index is -2.15. The summed E-state index contributed by atoms with van der Waals surface area (Å²) < 4.78 is 5.42. The SMILES string of the molecule is CC(C(=O)O)(C(=O)N1CCC(N2CCCCC2)CC1)N1C(=O)C(N2C(=O)OC[C@@H]2c2ccccc2)C1C=Cc1ccccc1. The quantitative estimate of drug-likeness (QED) is 0.363. The van der Waals surface area contributed by atoms with Crippen LogP contribution in [0.2, 0.25) is 0 Å². The third-order valence-electron chi connectivity index (χ3n) is 9.77. The maximum atomic E-state index is 14.1. The summed E-state index contributed by atoms with van der Waals surface area (Å²) in [6.07, 6.45) is 8.04. The number of likely N-dealkylation sites (tertiary alicyclic amines) is 3. The summed E-state index contributed by atoms with van der Waals surface area (Å²) in [5.74, 6) is -2.58. The average molecular weight is 601 g/mol. The van der Waals surface area contributed by atoms with Gasteiger partial charge in [-0.1, -0.05) is 79.2 Å². The summed E-state index contributed by atoms with van der Waals surface area (Å²) in [7, 11) is 0. The highest BCUT2D eigenvalue weighted by Gasteiger charge is 2.65. The predicted molar refractivity (Wildman–Crippen MR) is 163 cm³/mol. The Bertz CT molecular complexity index is 1400. The molecular weight excluding hydrogens is 560 g/mol. The van der Waals surface area contributed by atoms with Crippen LogP contribution in [0.1, 0.15) is 56.2 Å². The first-order valence-electron chi connectivity index (χ1n) is 15.6. The van der Waals surface area contributed by atoms with Crippen molar-refractivity contribution in [2.24, 2.45) is 0 Å². The standard InChI is InChI=1S/C34H40N4O6/c1-34(32(41)42,31(40)36-21-17-26(18-22-36)35-19-9-4-10-20-35)38-27(16-15-24-11-5-2-6-12-24)29(30(38)39)37-28(23-44-33(37)43)25-13-7-3-8-14-25/h2-3,5-8,11-16,26-29H,4,9-10,17-23H2,1H3,(H,41,42)/t27?,28-,29?,34?/m1/s1. The molecular formula is C34H40N4O6. The zero-order valence-electron chi connectivity index (χ0n) is 25.1. The van der Waals surface area contributed by atoms with E-state index in [4.69, 9.17) is 4.74 Å². The third-order valence-corrected chi connectivity index (χ3v) is 9.77. The van der Waals surface area contributed by atoms with Gasteiger partial charge < -0.3 is 24.5 Å². The van der Waals surface area contributed by atoms with Gasteiger partial charge in [-0.15, -0.1) is 0 Å². The summed E-state index contributed by atoms with van der Waals surface area (Å²) in [4.78, 5) is 61.0. The van der Waals surface area contributed by atoms with Crippen molar-refractivity contribution >= 4 is 30.0 Å². The van der Waals surface area contributed by atoms with E-state index >= 15 is 0 Å². The van der Waals surface area contributed by atoms with E-state index in [9.17, 15) is 24.3 Å². The molecule has 44 heavy (non-hydrogen) atoms. The van der Waals surface area contributed by atoms with E-state index in [0.29, 0.717) is 19.1 Å². The molecule has 4 aliphatic heterocycles. The number of rotatable bonds is 8. The van der Waals surface area contributed by atoms with Crippen LogP contribution < -0.4 is 0 Å². The van der Waals surface area contributed by atoms with Gasteiger partial charge in [-0.25, -0.2) is 9.59 Å². The number of nitrogens with zero attached hydrogens (tertiary/aromatic N) is 4. The lowest BCUT2D eigenvalue weighted by Gasteiger charge is -2.55. The molecule has 3 unspecified atom stereocenters. The topological polar surface area (TPSA) is 111 Å². The summed E-state index contributed by atoms with van der Waals surface area (Å²) in [5, 5.41) is 10.6. The van der Waals surface area contributed by atoms with Crippen LogP contribution in [0.3, 0.4) is 0 Å². The number of cyclic esters (lactones) is 1. The van der Waals surface area contributed by atoms with Crippen molar-refractivity contribution in [2.45, 2.75) is 68.7 Å². The lowest BCUT2D eigenvalue weighted by molar-refractivity contribution is -0.184. The van der Waals surface area contributed by atoms with E-state index in [-0.39, 0.29) is 6.61 Å². The van der Waals surface area contributed by atoms with Gasteiger partial charge in [0.25, 0.3) is 5.91 Å². The number of β-lactam (4-membered cyclic amide) rings is 1. The first-order valence-corrected chi connectivity index (χ1v) is 15.6. The monoisotopic (exact) mass is 600 g/mol. The lowest BCUT2D eigenvalue weighted by Crippen LogP contribution is -2.80.